The van der Waals surface area contributed by atoms with Crippen LogP contribution in [0.2, 0.25) is 0 Å². The first-order valence-corrected chi connectivity index (χ1v) is 10.8. The minimum Gasteiger partial charge on any atom is -0.480 e. The summed E-state index contributed by atoms with van der Waals surface area (Å²) in [5, 5.41) is 14.8. The molecule has 2 fully saturated rings. The second-order valence-electron chi connectivity index (χ2n) is 8.90. The van der Waals surface area contributed by atoms with Gasteiger partial charge in [0.25, 0.3) is 0 Å². The van der Waals surface area contributed by atoms with Gasteiger partial charge < -0.3 is 20.5 Å². The van der Waals surface area contributed by atoms with Crippen molar-refractivity contribution in [3.8, 4) is 0 Å². The number of alkyl carbamates (subject to hydrolysis) is 1. The van der Waals surface area contributed by atoms with Crippen molar-refractivity contribution in [1.29, 1.82) is 0 Å². The third-order valence-corrected chi connectivity index (χ3v) is 5.07. The smallest absolute Gasteiger partial charge is 0.408 e. The maximum atomic E-state index is 11.2. The predicted molar refractivity (Wildman–Crippen MR) is 112 cm³/mol. The number of amides is 1. The third kappa shape index (κ3) is 11.3. The molecule has 162 valence electrons. The van der Waals surface area contributed by atoms with E-state index < -0.39 is 23.7 Å². The minimum absolute atomic E-state index is 0.161. The van der Waals surface area contributed by atoms with Crippen molar-refractivity contribution in [2.75, 3.05) is 0 Å². The molecule has 0 saturated heterocycles. The molecule has 0 bridgehead atoms. The van der Waals surface area contributed by atoms with Gasteiger partial charge in [-0.2, -0.15) is 0 Å². The Morgan fingerprint density at radius 3 is 1.86 bits per heavy atom. The fourth-order valence-corrected chi connectivity index (χ4v) is 3.71. The second-order valence-corrected chi connectivity index (χ2v) is 8.90. The van der Waals surface area contributed by atoms with Gasteiger partial charge in [-0.25, -0.2) is 9.59 Å². The van der Waals surface area contributed by atoms with Crippen LogP contribution in [0.3, 0.4) is 0 Å². The number of hydrogen-bond acceptors (Lipinski definition) is 4. The first kappa shape index (κ1) is 24.5. The van der Waals surface area contributed by atoms with Gasteiger partial charge in [-0.3, -0.25) is 0 Å². The molecule has 0 aromatic carbocycles. The van der Waals surface area contributed by atoms with Crippen molar-refractivity contribution in [1.82, 2.24) is 10.6 Å². The Labute approximate surface area is 170 Å². The van der Waals surface area contributed by atoms with Crippen molar-refractivity contribution in [3.05, 3.63) is 12.7 Å². The number of carboxylic acids is 1. The highest BCUT2D eigenvalue weighted by molar-refractivity contribution is 5.80. The summed E-state index contributed by atoms with van der Waals surface area (Å²) in [6, 6.07) is 0.756. The van der Waals surface area contributed by atoms with Gasteiger partial charge in [0, 0.05) is 12.1 Å². The number of carboxylic acid groups (broad SMARTS) is 1. The topological polar surface area (TPSA) is 87.7 Å². The van der Waals surface area contributed by atoms with Crippen LogP contribution in [0.4, 0.5) is 4.79 Å². The van der Waals surface area contributed by atoms with Gasteiger partial charge >= 0.3 is 12.1 Å². The molecule has 28 heavy (non-hydrogen) atoms. The summed E-state index contributed by atoms with van der Waals surface area (Å²) in [7, 11) is 0. The van der Waals surface area contributed by atoms with E-state index in [4.69, 9.17) is 9.84 Å². The highest BCUT2D eigenvalue weighted by atomic mass is 16.6. The minimum atomic E-state index is -1.11. The zero-order chi connectivity index (χ0) is 21.0. The summed E-state index contributed by atoms with van der Waals surface area (Å²) in [6.07, 6.45) is 15.4. The standard InChI is InChI=1S/C12H23N.C10H17NO4/c1-3-7-11(8-4-1)13-12-9-5-2-6-10-12;1-5-6-7(8(12)13)11-9(14)15-10(2,3)4/h11-13H,1-10H2;5,7H,1,6H2,2-4H3,(H,11,14)(H,12,13). The first-order valence-electron chi connectivity index (χ1n) is 10.8. The van der Waals surface area contributed by atoms with Crippen LogP contribution in [0.5, 0.6) is 0 Å². The molecule has 2 aliphatic rings. The van der Waals surface area contributed by atoms with Crippen molar-refractivity contribution in [3.63, 3.8) is 0 Å². The number of nitrogens with one attached hydrogen (secondary N) is 2. The normalized spacial score (nSPS) is 19.7. The molecule has 2 saturated carbocycles. The molecule has 0 spiro atoms. The molecule has 6 nitrogen and oxygen atoms in total. The van der Waals surface area contributed by atoms with Crippen LogP contribution in [-0.2, 0) is 9.53 Å². The summed E-state index contributed by atoms with van der Waals surface area (Å²) >= 11 is 0. The van der Waals surface area contributed by atoms with Gasteiger partial charge in [-0.1, -0.05) is 44.6 Å². The number of carbonyl (C=O) groups is 2. The average Bonchev–Trinajstić information content (AvgIpc) is 2.62. The van der Waals surface area contributed by atoms with Crippen LogP contribution < -0.4 is 10.6 Å². The molecule has 2 rings (SSSR count). The van der Waals surface area contributed by atoms with E-state index in [1.54, 1.807) is 20.8 Å². The van der Waals surface area contributed by atoms with Crippen LogP contribution in [0.1, 0.15) is 91.4 Å². The number of rotatable bonds is 6. The summed E-state index contributed by atoms with van der Waals surface area (Å²) in [5.41, 5.74) is -0.638. The summed E-state index contributed by atoms with van der Waals surface area (Å²) in [6.45, 7) is 8.52. The molecular formula is C22H40N2O4. The number of ether oxygens (including phenoxy) is 1. The summed E-state index contributed by atoms with van der Waals surface area (Å²) in [5.74, 6) is -1.11. The van der Waals surface area contributed by atoms with E-state index in [1.165, 1.54) is 70.3 Å². The van der Waals surface area contributed by atoms with Crippen LogP contribution in [-0.4, -0.2) is 40.9 Å². The molecule has 0 aromatic rings. The quantitative estimate of drug-likeness (QED) is 0.562. The van der Waals surface area contributed by atoms with Crippen molar-refractivity contribution in [2.24, 2.45) is 0 Å². The van der Waals surface area contributed by atoms with Gasteiger partial charge in [0.2, 0.25) is 0 Å². The second kappa shape index (κ2) is 12.8. The van der Waals surface area contributed by atoms with Crippen molar-refractivity contribution in [2.45, 2.75) is 115 Å². The zero-order valence-corrected chi connectivity index (χ0v) is 18.0. The molecule has 1 unspecified atom stereocenters. The van der Waals surface area contributed by atoms with Crippen LogP contribution in [0.15, 0.2) is 12.7 Å². The van der Waals surface area contributed by atoms with Crippen LogP contribution in [0.25, 0.3) is 0 Å². The SMILES string of the molecule is C1CCC(NC2CCCCC2)CC1.C=CCC(NC(=O)OC(C)(C)C)C(=O)O. The van der Waals surface area contributed by atoms with E-state index in [-0.39, 0.29) is 6.42 Å². The molecule has 2 aliphatic carbocycles. The zero-order valence-electron chi connectivity index (χ0n) is 18.0. The predicted octanol–water partition coefficient (Wildman–Crippen LogP) is 4.78. The summed E-state index contributed by atoms with van der Waals surface area (Å²) in [4.78, 5) is 21.9. The van der Waals surface area contributed by atoms with Crippen molar-refractivity contribution < 1.29 is 19.4 Å². The molecule has 6 heteroatoms. The Balaban J connectivity index is 0.000000281. The lowest BCUT2D eigenvalue weighted by Gasteiger charge is -2.30. The fourth-order valence-electron chi connectivity index (χ4n) is 3.71. The Morgan fingerprint density at radius 1 is 1.04 bits per heavy atom. The van der Waals surface area contributed by atoms with Gasteiger partial charge in [-0.15, -0.1) is 6.58 Å². The number of aliphatic carboxylic acids is 1. The van der Waals surface area contributed by atoms with Crippen LogP contribution >= 0.6 is 0 Å². The van der Waals surface area contributed by atoms with Gasteiger partial charge in [0.1, 0.15) is 11.6 Å². The molecule has 0 radical (unpaired) electrons. The monoisotopic (exact) mass is 396 g/mol. The van der Waals surface area contributed by atoms with Crippen LogP contribution in [0, 0.1) is 0 Å². The molecule has 0 heterocycles. The summed E-state index contributed by atoms with van der Waals surface area (Å²) < 4.78 is 4.92. The molecule has 1 atom stereocenters. The fraction of sp³-hybridized carbons (Fsp3) is 0.818. The van der Waals surface area contributed by atoms with Gasteiger partial charge in [0.05, 0.1) is 0 Å². The highest BCUT2D eigenvalue weighted by Crippen LogP contribution is 2.22. The van der Waals surface area contributed by atoms with E-state index in [1.807, 2.05) is 0 Å². The lowest BCUT2D eigenvalue weighted by molar-refractivity contribution is -0.139. The third-order valence-electron chi connectivity index (χ3n) is 5.07. The van der Waals surface area contributed by atoms with E-state index in [2.05, 4.69) is 17.2 Å². The average molecular weight is 397 g/mol. The Hall–Kier alpha value is -1.56. The molecule has 1 amide bonds. The molecular weight excluding hydrogens is 356 g/mol. The van der Waals surface area contributed by atoms with Gasteiger partial charge in [-0.05, 0) is 52.9 Å². The Kier molecular flexibility index (Phi) is 11.2. The highest BCUT2D eigenvalue weighted by Gasteiger charge is 2.22. The lowest BCUT2D eigenvalue weighted by atomic mass is 9.91. The van der Waals surface area contributed by atoms with E-state index in [0.717, 1.165) is 12.1 Å². The Bertz CT molecular complexity index is 459. The molecule has 3 N–H and O–H groups in total. The number of carbonyl (C=O) groups excluding carboxylic acids is 1. The van der Waals surface area contributed by atoms with E-state index >= 15 is 0 Å². The maximum absolute atomic E-state index is 11.2. The van der Waals surface area contributed by atoms with Crippen molar-refractivity contribution >= 4 is 12.1 Å². The molecule has 0 aromatic heterocycles. The van der Waals surface area contributed by atoms with E-state index in [9.17, 15) is 9.59 Å². The largest absolute Gasteiger partial charge is 0.480 e. The van der Waals surface area contributed by atoms with E-state index in [0.29, 0.717) is 0 Å². The number of hydrogen-bond donors (Lipinski definition) is 3. The van der Waals surface area contributed by atoms with Gasteiger partial charge in [0.15, 0.2) is 0 Å². The maximum Gasteiger partial charge on any atom is 0.408 e. The Morgan fingerprint density at radius 2 is 1.50 bits per heavy atom. The molecule has 0 aliphatic heterocycles. The first-order chi connectivity index (χ1) is 13.2. The lowest BCUT2D eigenvalue weighted by Crippen LogP contribution is -2.43.